The molecule has 5 nitrogen and oxygen atoms in total. The normalized spacial score (nSPS) is 20.0. The highest BCUT2D eigenvalue weighted by molar-refractivity contribution is 7.87. The number of hydrogen-bond acceptors (Lipinski definition) is 3. The minimum absolute atomic E-state index is 0.321. The first-order chi connectivity index (χ1) is 10.1. The maximum absolute atomic E-state index is 11.8. The summed E-state index contributed by atoms with van der Waals surface area (Å²) in [6, 6.07) is 10.1. The van der Waals surface area contributed by atoms with E-state index in [4.69, 9.17) is 0 Å². The number of nitrogens with zero attached hydrogens (tertiary/aromatic N) is 1. The van der Waals surface area contributed by atoms with E-state index in [0.717, 1.165) is 24.9 Å². The smallest absolute Gasteiger partial charge is 0.277 e. The van der Waals surface area contributed by atoms with Crippen LogP contribution in [0.25, 0.3) is 0 Å². The van der Waals surface area contributed by atoms with Gasteiger partial charge in [0.2, 0.25) is 0 Å². The molecule has 0 saturated carbocycles. The third kappa shape index (κ3) is 5.74. The summed E-state index contributed by atoms with van der Waals surface area (Å²) in [5.41, 5.74) is 0.954. The fourth-order valence-electron chi connectivity index (χ4n) is 2.71. The van der Waals surface area contributed by atoms with Crippen molar-refractivity contribution in [2.45, 2.75) is 38.3 Å². The van der Waals surface area contributed by atoms with Crippen molar-refractivity contribution >= 4 is 10.2 Å². The molecule has 0 bridgehead atoms. The molecular formula is C15H25N3O2S. The molecule has 0 aromatic heterocycles. The van der Waals surface area contributed by atoms with E-state index in [1.54, 1.807) is 0 Å². The highest BCUT2D eigenvalue weighted by atomic mass is 32.2. The van der Waals surface area contributed by atoms with Crippen molar-refractivity contribution in [3.05, 3.63) is 35.9 Å². The summed E-state index contributed by atoms with van der Waals surface area (Å²) in [5.74, 6) is 0. The molecule has 0 radical (unpaired) electrons. The van der Waals surface area contributed by atoms with Crippen LogP contribution >= 0.6 is 0 Å². The molecule has 6 heteroatoms. The minimum atomic E-state index is -3.40. The van der Waals surface area contributed by atoms with Gasteiger partial charge in [-0.3, -0.25) is 0 Å². The molecule has 1 aromatic rings. The molecule has 0 amide bonds. The van der Waals surface area contributed by atoms with Crippen LogP contribution in [0.1, 0.15) is 31.2 Å². The Labute approximate surface area is 127 Å². The zero-order chi connectivity index (χ0) is 15.1. The Morgan fingerprint density at radius 2 is 2.00 bits per heavy atom. The van der Waals surface area contributed by atoms with E-state index < -0.39 is 10.2 Å². The Balaban J connectivity index is 1.64. The van der Waals surface area contributed by atoms with Crippen LogP contribution in [0.5, 0.6) is 0 Å². The van der Waals surface area contributed by atoms with Crippen molar-refractivity contribution in [2.24, 2.45) is 0 Å². The van der Waals surface area contributed by atoms with Gasteiger partial charge in [-0.2, -0.15) is 13.1 Å². The first-order valence-corrected chi connectivity index (χ1v) is 9.03. The molecule has 0 aliphatic carbocycles. The Morgan fingerprint density at radius 1 is 1.24 bits per heavy atom. The summed E-state index contributed by atoms with van der Waals surface area (Å²) in [5, 5.41) is 0. The molecular weight excluding hydrogens is 286 g/mol. The van der Waals surface area contributed by atoms with Gasteiger partial charge in [0.1, 0.15) is 0 Å². The zero-order valence-corrected chi connectivity index (χ0v) is 13.4. The third-order valence-corrected chi connectivity index (χ3v) is 5.10. The molecule has 0 unspecified atom stereocenters. The van der Waals surface area contributed by atoms with Crippen LogP contribution in [-0.2, 0) is 16.8 Å². The molecule has 2 rings (SSSR count). The van der Waals surface area contributed by atoms with Crippen LogP contribution in [-0.4, -0.2) is 39.5 Å². The summed E-state index contributed by atoms with van der Waals surface area (Å²) in [4.78, 5) is 2.36. The lowest BCUT2D eigenvalue weighted by molar-refractivity contribution is 0.292. The van der Waals surface area contributed by atoms with Crippen LogP contribution in [0.4, 0.5) is 0 Å². The molecule has 118 valence electrons. The Morgan fingerprint density at radius 3 is 2.67 bits per heavy atom. The van der Waals surface area contributed by atoms with Gasteiger partial charge < -0.3 is 4.90 Å². The molecule has 2 N–H and O–H groups in total. The summed E-state index contributed by atoms with van der Waals surface area (Å²) >= 11 is 0. The second-order valence-electron chi connectivity index (χ2n) is 5.62. The fraction of sp³-hybridized carbons (Fsp3) is 0.600. The van der Waals surface area contributed by atoms with Gasteiger partial charge in [-0.25, -0.2) is 4.72 Å². The Kier molecular flexibility index (Phi) is 6.17. The van der Waals surface area contributed by atoms with Crippen LogP contribution in [0.15, 0.2) is 30.3 Å². The lowest BCUT2D eigenvalue weighted by Crippen LogP contribution is -2.37. The minimum Gasteiger partial charge on any atom is -0.303 e. The summed E-state index contributed by atoms with van der Waals surface area (Å²) in [7, 11) is -1.26. The summed E-state index contributed by atoms with van der Waals surface area (Å²) < 4.78 is 28.8. The van der Waals surface area contributed by atoms with Crippen molar-refractivity contribution < 1.29 is 8.42 Å². The summed E-state index contributed by atoms with van der Waals surface area (Å²) in [6.45, 7) is 1.98. The second-order valence-corrected chi connectivity index (χ2v) is 7.21. The highest BCUT2D eigenvalue weighted by Gasteiger charge is 2.20. The summed E-state index contributed by atoms with van der Waals surface area (Å²) in [6.07, 6.45) is 4.42. The van der Waals surface area contributed by atoms with Gasteiger partial charge in [-0.1, -0.05) is 30.3 Å². The number of likely N-dealkylation sites (tertiary alicyclic amines) is 1. The van der Waals surface area contributed by atoms with E-state index in [1.807, 2.05) is 30.3 Å². The molecule has 1 fully saturated rings. The monoisotopic (exact) mass is 311 g/mol. The maximum Gasteiger partial charge on any atom is 0.277 e. The van der Waals surface area contributed by atoms with Gasteiger partial charge in [0, 0.05) is 19.1 Å². The molecule has 1 saturated heterocycles. The molecule has 1 aliphatic rings. The SMILES string of the molecule is CN1CCC[C@H]1CCCNS(=O)(=O)NCc1ccccc1. The highest BCUT2D eigenvalue weighted by Crippen LogP contribution is 2.18. The Hall–Kier alpha value is -0.950. The third-order valence-electron chi connectivity index (χ3n) is 3.99. The van der Waals surface area contributed by atoms with Gasteiger partial charge in [0.05, 0.1) is 0 Å². The maximum atomic E-state index is 11.8. The van der Waals surface area contributed by atoms with Gasteiger partial charge >= 0.3 is 0 Å². The van der Waals surface area contributed by atoms with Gasteiger partial charge in [0.15, 0.2) is 0 Å². The van der Waals surface area contributed by atoms with Crippen LogP contribution in [0.2, 0.25) is 0 Å². The van der Waals surface area contributed by atoms with Crippen molar-refractivity contribution in [3.8, 4) is 0 Å². The van der Waals surface area contributed by atoms with E-state index in [1.165, 1.54) is 12.8 Å². The number of rotatable bonds is 8. The first-order valence-electron chi connectivity index (χ1n) is 7.55. The number of nitrogens with one attached hydrogen (secondary N) is 2. The predicted octanol–water partition coefficient (Wildman–Crippen LogP) is 1.49. The van der Waals surface area contributed by atoms with E-state index in [0.29, 0.717) is 19.1 Å². The van der Waals surface area contributed by atoms with Crippen LogP contribution in [0.3, 0.4) is 0 Å². The molecule has 1 heterocycles. The van der Waals surface area contributed by atoms with E-state index >= 15 is 0 Å². The average molecular weight is 311 g/mol. The quantitative estimate of drug-likeness (QED) is 0.715. The fourth-order valence-corrected chi connectivity index (χ4v) is 3.59. The first kappa shape index (κ1) is 16.4. The lowest BCUT2D eigenvalue weighted by Gasteiger charge is -2.19. The standard InChI is InChI=1S/C15H25N3O2S/c1-18-12-6-10-15(18)9-5-11-16-21(19,20)17-13-14-7-3-2-4-8-14/h2-4,7-8,15-17H,5-6,9-13H2,1H3/t15-/m1/s1. The van der Waals surface area contributed by atoms with Crippen molar-refractivity contribution in [1.29, 1.82) is 0 Å². The Bertz CT molecular complexity index is 519. The predicted molar refractivity (Wildman–Crippen MR) is 85.1 cm³/mol. The molecule has 1 aromatic carbocycles. The average Bonchev–Trinajstić information content (AvgIpc) is 2.88. The van der Waals surface area contributed by atoms with E-state index in [2.05, 4.69) is 21.4 Å². The second kappa shape index (κ2) is 7.89. The molecule has 1 aliphatic heterocycles. The zero-order valence-electron chi connectivity index (χ0n) is 12.6. The van der Waals surface area contributed by atoms with Crippen LogP contribution in [0, 0.1) is 0 Å². The lowest BCUT2D eigenvalue weighted by atomic mass is 10.1. The van der Waals surface area contributed by atoms with Gasteiger partial charge in [-0.05, 0) is 44.8 Å². The van der Waals surface area contributed by atoms with Crippen molar-refractivity contribution in [2.75, 3.05) is 20.1 Å². The molecule has 0 spiro atoms. The molecule has 1 atom stereocenters. The van der Waals surface area contributed by atoms with Gasteiger partial charge in [0.25, 0.3) is 10.2 Å². The van der Waals surface area contributed by atoms with Crippen LogP contribution < -0.4 is 9.44 Å². The van der Waals surface area contributed by atoms with E-state index in [9.17, 15) is 8.42 Å². The molecule has 21 heavy (non-hydrogen) atoms. The topological polar surface area (TPSA) is 61.4 Å². The van der Waals surface area contributed by atoms with E-state index in [-0.39, 0.29) is 0 Å². The number of benzene rings is 1. The van der Waals surface area contributed by atoms with Crippen molar-refractivity contribution in [3.63, 3.8) is 0 Å². The van der Waals surface area contributed by atoms with Crippen molar-refractivity contribution in [1.82, 2.24) is 14.3 Å². The largest absolute Gasteiger partial charge is 0.303 e. The van der Waals surface area contributed by atoms with Gasteiger partial charge in [-0.15, -0.1) is 0 Å². The number of hydrogen-bond donors (Lipinski definition) is 2.